The van der Waals surface area contributed by atoms with Gasteiger partial charge in [-0.1, -0.05) is 63.6 Å². The first-order valence-corrected chi connectivity index (χ1v) is 7.26. The fourth-order valence-electron chi connectivity index (χ4n) is 2.43. The molecule has 0 aliphatic heterocycles. The van der Waals surface area contributed by atoms with Crippen LogP contribution in [0, 0.1) is 5.82 Å². The van der Waals surface area contributed by atoms with Crippen LogP contribution in [-0.4, -0.2) is 0 Å². The van der Waals surface area contributed by atoms with E-state index in [4.69, 9.17) is 11.6 Å². The normalized spacial score (nSPS) is 11.9. The summed E-state index contributed by atoms with van der Waals surface area (Å²) in [5, 5.41) is 0.780. The second kappa shape index (κ2) is 5.57. The molecular formula is C18H20ClF. The molecule has 2 heteroatoms. The minimum Gasteiger partial charge on any atom is -0.207 e. The maximum atomic E-state index is 13.4. The SMILES string of the molecule is CC(C)c1ccc(C(C)(C)c2cccc(F)c2)cc1Cl. The summed E-state index contributed by atoms with van der Waals surface area (Å²) >= 11 is 6.38. The van der Waals surface area contributed by atoms with Crippen molar-refractivity contribution >= 4 is 11.6 Å². The van der Waals surface area contributed by atoms with E-state index >= 15 is 0 Å². The summed E-state index contributed by atoms with van der Waals surface area (Å²) in [6.07, 6.45) is 0. The molecule has 0 saturated carbocycles. The van der Waals surface area contributed by atoms with Crippen LogP contribution in [0.5, 0.6) is 0 Å². The third kappa shape index (κ3) is 2.88. The Morgan fingerprint density at radius 2 is 1.65 bits per heavy atom. The molecular weight excluding hydrogens is 271 g/mol. The molecule has 0 atom stereocenters. The second-order valence-electron chi connectivity index (χ2n) is 6.03. The highest BCUT2D eigenvalue weighted by atomic mass is 35.5. The van der Waals surface area contributed by atoms with Gasteiger partial charge in [-0.15, -0.1) is 0 Å². The summed E-state index contributed by atoms with van der Waals surface area (Å²) in [7, 11) is 0. The zero-order chi connectivity index (χ0) is 14.9. The van der Waals surface area contributed by atoms with Gasteiger partial charge in [0.05, 0.1) is 0 Å². The van der Waals surface area contributed by atoms with E-state index in [2.05, 4.69) is 39.8 Å². The quantitative estimate of drug-likeness (QED) is 0.657. The molecule has 0 radical (unpaired) electrons. The lowest BCUT2D eigenvalue weighted by atomic mass is 9.77. The van der Waals surface area contributed by atoms with Crippen LogP contribution in [0.25, 0.3) is 0 Å². The van der Waals surface area contributed by atoms with E-state index in [0.717, 1.165) is 21.7 Å². The number of benzene rings is 2. The Bertz CT molecular complexity index is 615. The fraction of sp³-hybridized carbons (Fsp3) is 0.333. The van der Waals surface area contributed by atoms with Crippen molar-refractivity contribution in [3.8, 4) is 0 Å². The van der Waals surface area contributed by atoms with Crippen molar-refractivity contribution in [2.24, 2.45) is 0 Å². The van der Waals surface area contributed by atoms with Crippen LogP contribution in [0.3, 0.4) is 0 Å². The van der Waals surface area contributed by atoms with Gasteiger partial charge in [0.1, 0.15) is 5.82 Å². The summed E-state index contributed by atoms with van der Waals surface area (Å²) in [5.41, 5.74) is 2.91. The molecule has 2 aromatic carbocycles. The van der Waals surface area contributed by atoms with Gasteiger partial charge in [0.15, 0.2) is 0 Å². The lowest BCUT2D eigenvalue weighted by Gasteiger charge is -2.27. The predicted octanol–water partition coefficient (Wildman–Crippen LogP) is 5.93. The maximum absolute atomic E-state index is 13.4. The van der Waals surface area contributed by atoms with Crippen LogP contribution in [0.15, 0.2) is 42.5 Å². The first-order valence-electron chi connectivity index (χ1n) is 6.88. The average Bonchev–Trinajstić information content (AvgIpc) is 2.38. The maximum Gasteiger partial charge on any atom is 0.123 e. The third-order valence-electron chi connectivity index (χ3n) is 3.89. The molecule has 2 rings (SSSR count). The topological polar surface area (TPSA) is 0 Å². The van der Waals surface area contributed by atoms with Gasteiger partial charge in [-0.25, -0.2) is 4.39 Å². The van der Waals surface area contributed by atoms with Crippen molar-refractivity contribution < 1.29 is 4.39 Å². The van der Waals surface area contributed by atoms with Crippen LogP contribution in [0.1, 0.15) is 50.3 Å². The van der Waals surface area contributed by atoms with Crippen molar-refractivity contribution in [1.29, 1.82) is 0 Å². The third-order valence-corrected chi connectivity index (χ3v) is 4.22. The Morgan fingerprint density at radius 1 is 1.00 bits per heavy atom. The van der Waals surface area contributed by atoms with E-state index in [1.807, 2.05) is 12.1 Å². The van der Waals surface area contributed by atoms with Gasteiger partial charge in [-0.05, 0) is 40.8 Å². The monoisotopic (exact) mass is 290 g/mol. The summed E-state index contributed by atoms with van der Waals surface area (Å²) in [4.78, 5) is 0. The van der Waals surface area contributed by atoms with Crippen molar-refractivity contribution in [2.45, 2.75) is 39.0 Å². The number of hydrogen-bond donors (Lipinski definition) is 0. The van der Waals surface area contributed by atoms with Crippen LogP contribution in [0.2, 0.25) is 5.02 Å². The minimum absolute atomic E-state index is 0.208. The standard InChI is InChI=1S/C18H20ClF/c1-12(2)16-9-8-14(11-17(16)19)18(3,4)13-6-5-7-15(20)10-13/h5-12H,1-4H3. The largest absolute Gasteiger partial charge is 0.207 e. The van der Waals surface area contributed by atoms with E-state index in [1.54, 1.807) is 12.1 Å². The molecule has 0 nitrogen and oxygen atoms in total. The van der Waals surface area contributed by atoms with Gasteiger partial charge in [-0.3, -0.25) is 0 Å². The first-order chi connectivity index (χ1) is 9.32. The molecule has 0 aromatic heterocycles. The van der Waals surface area contributed by atoms with E-state index in [9.17, 15) is 4.39 Å². The van der Waals surface area contributed by atoms with Gasteiger partial charge in [0, 0.05) is 10.4 Å². The van der Waals surface area contributed by atoms with Crippen LogP contribution in [-0.2, 0) is 5.41 Å². The van der Waals surface area contributed by atoms with E-state index < -0.39 is 0 Å². The highest BCUT2D eigenvalue weighted by Gasteiger charge is 2.24. The van der Waals surface area contributed by atoms with Crippen LogP contribution >= 0.6 is 11.6 Å². The van der Waals surface area contributed by atoms with Crippen LogP contribution < -0.4 is 0 Å². The molecule has 0 aliphatic rings. The molecule has 106 valence electrons. The van der Waals surface area contributed by atoms with E-state index in [1.165, 1.54) is 6.07 Å². The lowest BCUT2D eigenvalue weighted by Crippen LogP contribution is -2.19. The molecule has 0 N–H and O–H groups in total. The molecule has 0 bridgehead atoms. The molecule has 0 aliphatic carbocycles. The zero-order valence-corrected chi connectivity index (χ0v) is 13.1. The van der Waals surface area contributed by atoms with Gasteiger partial charge < -0.3 is 0 Å². The summed E-state index contributed by atoms with van der Waals surface area (Å²) in [5.74, 6) is 0.189. The Labute approximate surface area is 125 Å². The molecule has 20 heavy (non-hydrogen) atoms. The lowest BCUT2D eigenvalue weighted by molar-refractivity contribution is 0.601. The molecule has 0 amide bonds. The molecule has 2 aromatic rings. The molecule has 0 spiro atoms. The van der Waals surface area contributed by atoms with Crippen LogP contribution in [0.4, 0.5) is 4.39 Å². The highest BCUT2D eigenvalue weighted by molar-refractivity contribution is 6.31. The summed E-state index contributed by atoms with van der Waals surface area (Å²) < 4.78 is 13.4. The first kappa shape index (κ1) is 15.1. The van der Waals surface area contributed by atoms with Crippen molar-refractivity contribution in [3.05, 3.63) is 70.0 Å². The summed E-state index contributed by atoms with van der Waals surface area (Å²) in [6.45, 7) is 8.42. The van der Waals surface area contributed by atoms with Crippen molar-refractivity contribution in [3.63, 3.8) is 0 Å². The second-order valence-corrected chi connectivity index (χ2v) is 6.43. The van der Waals surface area contributed by atoms with Crippen molar-refractivity contribution in [2.75, 3.05) is 0 Å². The summed E-state index contributed by atoms with van der Waals surface area (Å²) in [6, 6.07) is 12.9. The average molecular weight is 291 g/mol. The zero-order valence-electron chi connectivity index (χ0n) is 12.4. The Balaban J connectivity index is 2.47. The van der Waals surface area contributed by atoms with Gasteiger partial charge in [0.25, 0.3) is 0 Å². The van der Waals surface area contributed by atoms with Gasteiger partial charge in [-0.2, -0.15) is 0 Å². The van der Waals surface area contributed by atoms with Crippen molar-refractivity contribution in [1.82, 2.24) is 0 Å². The molecule has 0 heterocycles. The van der Waals surface area contributed by atoms with E-state index in [0.29, 0.717) is 5.92 Å². The Kier molecular flexibility index (Phi) is 4.19. The highest BCUT2D eigenvalue weighted by Crippen LogP contribution is 2.35. The number of halogens is 2. The van der Waals surface area contributed by atoms with E-state index in [-0.39, 0.29) is 11.2 Å². The van der Waals surface area contributed by atoms with Gasteiger partial charge in [0.2, 0.25) is 0 Å². The Morgan fingerprint density at radius 3 is 2.20 bits per heavy atom. The number of rotatable bonds is 3. The smallest absolute Gasteiger partial charge is 0.123 e. The molecule has 0 saturated heterocycles. The molecule has 0 fully saturated rings. The fourth-order valence-corrected chi connectivity index (χ4v) is 2.83. The predicted molar refractivity (Wildman–Crippen MR) is 84.1 cm³/mol. The number of hydrogen-bond acceptors (Lipinski definition) is 0. The Hall–Kier alpha value is -1.34. The van der Waals surface area contributed by atoms with Gasteiger partial charge >= 0.3 is 0 Å². The minimum atomic E-state index is -0.277. The molecule has 0 unspecified atom stereocenters.